The molecular weight excluding hydrogens is 642 g/mol. The average molecular weight is 688 g/mol. The van der Waals surface area contributed by atoms with E-state index in [-0.39, 0.29) is 24.6 Å². The van der Waals surface area contributed by atoms with Crippen molar-refractivity contribution in [3.8, 4) is 5.75 Å². The number of aliphatic hydroxyl groups excluding tert-OH is 1. The van der Waals surface area contributed by atoms with Gasteiger partial charge in [0, 0.05) is 12.6 Å². The van der Waals surface area contributed by atoms with Crippen LogP contribution in [0, 0.1) is 12.8 Å². The zero-order valence-electron chi connectivity index (χ0n) is 28.8. The number of nitrogens with one attached hydrogen (secondary N) is 5. The summed E-state index contributed by atoms with van der Waals surface area (Å²) >= 11 is 0. The topological polar surface area (TPSA) is 201 Å². The van der Waals surface area contributed by atoms with Crippen molar-refractivity contribution in [3.05, 3.63) is 89.5 Å². The highest BCUT2D eigenvalue weighted by Crippen LogP contribution is 2.16. The van der Waals surface area contributed by atoms with E-state index >= 15 is 0 Å². The van der Waals surface area contributed by atoms with Crippen LogP contribution in [-0.2, 0) is 32.0 Å². The van der Waals surface area contributed by atoms with Crippen molar-refractivity contribution in [3.63, 3.8) is 0 Å². The van der Waals surface area contributed by atoms with E-state index in [0.29, 0.717) is 23.4 Å². The molecule has 0 saturated carbocycles. The normalized spacial score (nSPS) is 23.1. The van der Waals surface area contributed by atoms with Crippen LogP contribution in [0.3, 0.4) is 0 Å². The number of benzene rings is 2. The van der Waals surface area contributed by atoms with Crippen molar-refractivity contribution in [1.82, 2.24) is 36.6 Å². The zero-order chi connectivity index (χ0) is 36.4. The van der Waals surface area contributed by atoms with Crippen molar-refractivity contribution in [2.75, 3.05) is 6.61 Å². The Balaban J connectivity index is 1.66. The fraction of sp³-hybridized carbons (Fsp3) is 0.417. The summed E-state index contributed by atoms with van der Waals surface area (Å²) in [4.78, 5) is 75.1. The largest absolute Gasteiger partial charge is 0.491 e. The summed E-state index contributed by atoms with van der Waals surface area (Å²) in [6.45, 7) is 8.09. The van der Waals surface area contributed by atoms with E-state index in [9.17, 15) is 29.1 Å². The summed E-state index contributed by atoms with van der Waals surface area (Å²) < 4.78 is 6.10. The van der Waals surface area contributed by atoms with Crippen LogP contribution < -0.4 is 31.3 Å². The third-order valence-electron chi connectivity index (χ3n) is 8.18. The Bertz CT molecular complexity index is 1630. The summed E-state index contributed by atoms with van der Waals surface area (Å²) in [5.74, 6) is -3.16. The SMILES string of the molecule is Cc1cnc(C(=O)N[C@H]2Cc3ccc(cc3)OC[C@H](Cc3ccccc3)NC(=O)[C@@H](C(C)C)NC(=O)[C@H]([C@@H](C)O)NC(=O)[C@@H](C)NC2=O)cn1. The number of carbonyl (C=O) groups excluding carboxylic acids is 5. The van der Waals surface area contributed by atoms with Crippen molar-refractivity contribution in [2.45, 2.75) is 83.8 Å². The minimum atomic E-state index is -1.45. The first-order valence-electron chi connectivity index (χ1n) is 16.6. The van der Waals surface area contributed by atoms with E-state index in [2.05, 4.69) is 36.6 Å². The van der Waals surface area contributed by atoms with Crippen molar-refractivity contribution < 1.29 is 33.8 Å². The lowest BCUT2D eigenvalue weighted by Gasteiger charge is -2.29. The Morgan fingerprint density at radius 2 is 1.52 bits per heavy atom. The van der Waals surface area contributed by atoms with E-state index in [1.807, 2.05) is 30.3 Å². The minimum Gasteiger partial charge on any atom is -0.491 e. The molecule has 5 rings (SSSR count). The number of hydrogen-bond acceptors (Lipinski definition) is 9. The van der Waals surface area contributed by atoms with Gasteiger partial charge < -0.3 is 36.4 Å². The van der Waals surface area contributed by atoms with E-state index < -0.39 is 65.8 Å². The molecular formula is C36H45N7O7. The molecule has 0 unspecified atom stereocenters. The van der Waals surface area contributed by atoms with E-state index in [4.69, 9.17) is 4.74 Å². The Morgan fingerprint density at radius 3 is 2.14 bits per heavy atom. The number of aliphatic hydroxyl groups is 1. The van der Waals surface area contributed by atoms with Crippen LogP contribution in [0.25, 0.3) is 0 Å². The maximum Gasteiger partial charge on any atom is 0.272 e. The number of amides is 5. The van der Waals surface area contributed by atoms with Crippen LogP contribution >= 0.6 is 0 Å². The Kier molecular flexibility index (Phi) is 13.0. The first-order chi connectivity index (χ1) is 23.8. The lowest BCUT2D eigenvalue weighted by Crippen LogP contribution is -2.61. The van der Waals surface area contributed by atoms with Crippen LogP contribution in [-0.4, -0.2) is 87.5 Å². The van der Waals surface area contributed by atoms with Crippen molar-refractivity contribution in [2.24, 2.45) is 5.92 Å². The second-order valence-corrected chi connectivity index (χ2v) is 12.8. The van der Waals surface area contributed by atoms with Crippen LogP contribution in [0.2, 0.25) is 0 Å². The van der Waals surface area contributed by atoms with Gasteiger partial charge in [0.2, 0.25) is 23.6 Å². The van der Waals surface area contributed by atoms with Crippen LogP contribution in [0.4, 0.5) is 0 Å². The Labute approximate surface area is 291 Å². The van der Waals surface area contributed by atoms with Crippen molar-refractivity contribution >= 4 is 29.5 Å². The van der Waals surface area contributed by atoms with E-state index in [1.165, 1.54) is 26.2 Å². The molecule has 3 aromatic rings. The van der Waals surface area contributed by atoms with Crippen LogP contribution in [0.5, 0.6) is 5.75 Å². The summed E-state index contributed by atoms with van der Waals surface area (Å²) in [5.41, 5.74) is 2.26. The first-order valence-corrected chi connectivity index (χ1v) is 16.6. The summed E-state index contributed by atoms with van der Waals surface area (Å²) in [6.07, 6.45) is 1.88. The first kappa shape index (κ1) is 37.4. The van der Waals surface area contributed by atoms with Crippen LogP contribution in [0.15, 0.2) is 67.0 Å². The fourth-order valence-corrected chi connectivity index (χ4v) is 5.29. The molecule has 14 nitrogen and oxygen atoms in total. The third-order valence-corrected chi connectivity index (χ3v) is 8.18. The molecule has 2 bridgehead atoms. The number of aryl methyl sites for hydroxylation is 1. The summed E-state index contributed by atoms with van der Waals surface area (Å²) in [7, 11) is 0. The predicted octanol–water partition coefficient (Wildman–Crippen LogP) is 0.757. The highest BCUT2D eigenvalue weighted by molar-refractivity contribution is 5.98. The number of nitrogens with zero attached hydrogens (tertiary/aromatic N) is 2. The summed E-state index contributed by atoms with van der Waals surface area (Å²) in [5, 5.41) is 23.9. The Morgan fingerprint density at radius 1 is 0.860 bits per heavy atom. The summed E-state index contributed by atoms with van der Waals surface area (Å²) in [6, 6.07) is 11.3. The second kappa shape index (κ2) is 17.3. The fourth-order valence-electron chi connectivity index (χ4n) is 5.29. The molecule has 0 fully saturated rings. The van der Waals surface area contributed by atoms with Gasteiger partial charge in [-0.25, -0.2) is 4.98 Å². The van der Waals surface area contributed by atoms with Gasteiger partial charge in [0.05, 0.1) is 24.0 Å². The molecule has 2 aliphatic heterocycles. The van der Waals surface area contributed by atoms with Gasteiger partial charge in [-0.1, -0.05) is 56.3 Å². The Hall–Kier alpha value is -5.37. The lowest BCUT2D eigenvalue weighted by molar-refractivity contribution is -0.136. The molecule has 14 heteroatoms. The number of rotatable bonds is 6. The highest BCUT2D eigenvalue weighted by Gasteiger charge is 2.34. The van der Waals surface area contributed by atoms with Gasteiger partial charge in [0.15, 0.2) is 0 Å². The molecule has 2 aromatic carbocycles. The van der Waals surface area contributed by atoms with Gasteiger partial charge in [-0.2, -0.15) is 0 Å². The highest BCUT2D eigenvalue weighted by atomic mass is 16.5. The molecule has 0 radical (unpaired) electrons. The third kappa shape index (κ3) is 10.6. The molecule has 266 valence electrons. The molecule has 1 aromatic heterocycles. The maximum atomic E-state index is 13.6. The predicted molar refractivity (Wildman–Crippen MR) is 184 cm³/mol. The second-order valence-electron chi connectivity index (χ2n) is 12.8. The smallest absolute Gasteiger partial charge is 0.272 e. The molecule has 0 saturated heterocycles. The van der Waals surface area contributed by atoms with Gasteiger partial charge in [0.1, 0.15) is 42.2 Å². The molecule has 6 N–H and O–H groups in total. The zero-order valence-corrected chi connectivity index (χ0v) is 28.8. The molecule has 5 amide bonds. The van der Waals surface area contributed by atoms with Gasteiger partial charge >= 0.3 is 0 Å². The molecule has 3 heterocycles. The van der Waals surface area contributed by atoms with E-state index in [0.717, 1.165) is 5.56 Å². The number of ether oxygens (including phenoxy) is 1. The van der Waals surface area contributed by atoms with Crippen LogP contribution in [0.1, 0.15) is 55.0 Å². The number of aromatic nitrogens is 2. The molecule has 50 heavy (non-hydrogen) atoms. The van der Waals surface area contributed by atoms with Crippen molar-refractivity contribution in [1.29, 1.82) is 0 Å². The minimum absolute atomic E-state index is 0.00650. The molecule has 2 aliphatic rings. The molecule has 0 aliphatic carbocycles. The standard InChI is InChI=1S/C36H45N7O7/c1-20(2)30-35(48)40-26(15-24-9-7-6-8-10-24)19-50-27-13-11-25(12-14-27)16-28(41-34(47)29-18-37-21(3)17-38-29)33(46)39-22(4)32(45)43-31(23(5)44)36(49)42-30/h6-14,17-18,20,22-23,26,28,30-31,44H,15-16,19H2,1-5H3,(H,39,46)(H,40,48)(H,41,47)(H,42,49)(H,43,45)/t22-,23-,26+,28+,30-,31+/m1/s1. The maximum absolute atomic E-state index is 13.6. The van der Waals surface area contributed by atoms with Gasteiger partial charge in [-0.05, 0) is 56.4 Å². The lowest BCUT2D eigenvalue weighted by atomic mass is 10.0. The molecule has 6 atom stereocenters. The molecule has 0 spiro atoms. The number of fused-ring (bicyclic) bond motifs is 17. The van der Waals surface area contributed by atoms with Gasteiger partial charge in [-0.15, -0.1) is 0 Å². The quantitative estimate of drug-likeness (QED) is 0.203. The number of carbonyl (C=O) groups is 5. The average Bonchev–Trinajstić information content (AvgIpc) is 3.08. The monoisotopic (exact) mass is 687 g/mol. The number of hydrogen-bond donors (Lipinski definition) is 6. The van der Waals surface area contributed by atoms with E-state index in [1.54, 1.807) is 45.0 Å². The van der Waals surface area contributed by atoms with Gasteiger partial charge in [-0.3, -0.25) is 29.0 Å². The van der Waals surface area contributed by atoms with Gasteiger partial charge in [0.25, 0.3) is 5.91 Å².